The molecule has 0 aliphatic carbocycles. The fraction of sp³-hybridized carbons (Fsp3) is 0.235. The highest BCUT2D eigenvalue weighted by atomic mass is 79.9. The van der Waals surface area contributed by atoms with Crippen LogP contribution in [-0.2, 0) is 4.79 Å². The summed E-state index contributed by atoms with van der Waals surface area (Å²) in [4.78, 5) is 12.2. The lowest BCUT2D eigenvalue weighted by atomic mass is 10.2. The Morgan fingerprint density at radius 2 is 1.92 bits per heavy atom. The highest BCUT2D eigenvalue weighted by molar-refractivity contribution is 9.10. The van der Waals surface area contributed by atoms with Crippen LogP contribution in [0, 0.1) is 0 Å². The van der Waals surface area contributed by atoms with E-state index in [4.69, 9.17) is 25.8 Å². The third kappa shape index (κ3) is 4.29. The molecule has 0 spiro atoms. The Labute approximate surface area is 158 Å². The van der Waals surface area contributed by atoms with Gasteiger partial charge < -0.3 is 24.8 Å². The van der Waals surface area contributed by atoms with Crippen LogP contribution < -0.4 is 24.8 Å². The van der Waals surface area contributed by atoms with Crippen molar-refractivity contribution in [2.45, 2.75) is 0 Å². The molecule has 1 aliphatic rings. The number of hydrogen-bond donors (Lipinski definition) is 2. The fourth-order valence-electron chi connectivity index (χ4n) is 2.30. The molecule has 8 heteroatoms. The monoisotopic (exact) mass is 426 g/mol. The number of carbonyl (C=O) groups is 1. The van der Waals surface area contributed by atoms with Gasteiger partial charge in [0.15, 0.2) is 11.5 Å². The minimum absolute atomic E-state index is 0.0660. The van der Waals surface area contributed by atoms with Crippen molar-refractivity contribution in [3.05, 3.63) is 39.8 Å². The molecule has 0 bridgehead atoms. The van der Waals surface area contributed by atoms with E-state index in [0.717, 1.165) is 10.2 Å². The third-order valence-electron chi connectivity index (χ3n) is 3.52. The van der Waals surface area contributed by atoms with E-state index < -0.39 is 0 Å². The maximum atomic E-state index is 12.2. The van der Waals surface area contributed by atoms with Crippen LogP contribution in [0.4, 0.5) is 11.4 Å². The summed E-state index contributed by atoms with van der Waals surface area (Å²) in [6.45, 7) is 1.01. The van der Waals surface area contributed by atoms with Gasteiger partial charge in [0.1, 0.15) is 19.0 Å². The summed E-state index contributed by atoms with van der Waals surface area (Å²) in [7, 11) is 1.59. The first-order chi connectivity index (χ1) is 12.1. The van der Waals surface area contributed by atoms with Gasteiger partial charge in [0, 0.05) is 22.7 Å². The second-order valence-corrected chi connectivity index (χ2v) is 6.48. The Morgan fingerprint density at radius 1 is 1.20 bits per heavy atom. The van der Waals surface area contributed by atoms with Crippen molar-refractivity contribution in [3.63, 3.8) is 0 Å². The van der Waals surface area contributed by atoms with E-state index in [9.17, 15) is 4.79 Å². The zero-order valence-electron chi connectivity index (χ0n) is 13.4. The standard InChI is InChI=1S/C17H16BrClN2O4/c1-23-10-2-3-11(18)13(6-10)20-9-17(22)21-14-8-16-15(7-12(14)19)24-4-5-25-16/h2-3,6-8,20H,4-5,9H2,1H3,(H,21,22). The van der Waals surface area contributed by atoms with Crippen molar-refractivity contribution in [2.24, 2.45) is 0 Å². The lowest BCUT2D eigenvalue weighted by Gasteiger charge is -2.20. The second kappa shape index (κ2) is 7.84. The SMILES string of the molecule is COc1ccc(Br)c(NCC(=O)Nc2cc3c(cc2Cl)OCCO3)c1. The molecule has 1 heterocycles. The van der Waals surface area contributed by atoms with Gasteiger partial charge in [-0.2, -0.15) is 0 Å². The molecule has 1 aliphatic heterocycles. The van der Waals surface area contributed by atoms with E-state index >= 15 is 0 Å². The van der Waals surface area contributed by atoms with Gasteiger partial charge in [0.2, 0.25) is 5.91 Å². The van der Waals surface area contributed by atoms with Crippen molar-refractivity contribution in [3.8, 4) is 17.2 Å². The lowest BCUT2D eigenvalue weighted by molar-refractivity contribution is -0.114. The molecule has 2 aromatic rings. The minimum atomic E-state index is -0.242. The van der Waals surface area contributed by atoms with E-state index in [1.807, 2.05) is 12.1 Å². The zero-order chi connectivity index (χ0) is 17.8. The van der Waals surface area contributed by atoms with Crippen molar-refractivity contribution in [1.82, 2.24) is 0 Å². The predicted octanol–water partition coefficient (Wildman–Crippen LogP) is 3.93. The highest BCUT2D eigenvalue weighted by Gasteiger charge is 2.16. The number of benzene rings is 2. The maximum Gasteiger partial charge on any atom is 0.243 e. The Bertz CT molecular complexity index is 800. The lowest BCUT2D eigenvalue weighted by Crippen LogP contribution is -2.22. The smallest absolute Gasteiger partial charge is 0.243 e. The second-order valence-electron chi connectivity index (χ2n) is 5.22. The van der Waals surface area contributed by atoms with Crippen LogP contribution in [0.5, 0.6) is 17.2 Å². The molecule has 132 valence electrons. The van der Waals surface area contributed by atoms with E-state index in [1.165, 1.54) is 0 Å². The molecule has 6 nitrogen and oxygen atoms in total. The first-order valence-electron chi connectivity index (χ1n) is 7.53. The molecule has 0 unspecified atom stereocenters. The van der Waals surface area contributed by atoms with Gasteiger partial charge in [0.25, 0.3) is 0 Å². The topological polar surface area (TPSA) is 68.8 Å². The van der Waals surface area contributed by atoms with Gasteiger partial charge in [-0.25, -0.2) is 0 Å². The largest absolute Gasteiger partial charge is 0.497 e. The molecular weight excluding hydrogens is 412 g/mol. The molecular formula is C17H16BrClN2O4. The van der Waals surface area contributed by atoms with Gasteiger partial charge in [-0.05, 0) is 28.1 Å². The summed E-state index contributed by atoms with van der Waals surface area (Å²) in [5.74, 6) is 1.59. The van der Waals surface area contributed by atoms with Crippen molar-refractivity contribution >= 4 is 44.8 Å². The molecule has 0 aromatic heterocycles. The molecule has 0 saturated heterocycles. The predicted molar refractivity (Wildman–Crippen MR) is 100 cm³/mol. The van der Waals surface area contributed by atoms with Crippen molar-refractivity contribution < 1.29 is 19.0 Å². The summed E-state index contributed by atoms with van der Waals surface area (Å²) in [5.41, 5.74) is 1.23. The number of halogens is 2. The first kappa shape index (κ1) is 17.7. The molecule has 0 saturated carbocycles. The quantitative estimate of drug-likeness (QED) is 0.757. The Balaban J connectivity index is 1.65. The van der Waals surface area contributed by atoms with Gasteiger partial charge in [-0.1, -0.05) is 11.6 Å². The van der Waals surface area contributed by atoms with Crippen LogP contribution in [-0.4, -0.2) is 32.8 Å². The number of methoxy groups -OCH3 is 1. The maximum absolute atomic E-state index is 12.2. The van der Waals surface area contributed by atoms with E-state index in [1.54, 1.807) is 25.3 Å². The number of ether oxygens (including phenoxy) is 3. The van der Waals surface area contributed by atoms with Crippen LogP contribution in [0.2, 0.25) is 5.02 Å². The Kier molecular flexibility index (Phi) is 5.55. The first-order valence-corrected chi connectivity index (χ1v) is 8.70. The highest BCUT2D eigenvalue weighted by Crippen LogP contribution is 2.38. The van der Waals surface area contributed by atoms with E-state index in [-0.39, 0.29) is 12.5 Å². The number of fused-ring (bicyclic) bond motifs is 1. The van der Waals surface area contributed by atoms with Crippen molar-refractivity contribution in [1.29, 1.82) is 0 Å². The van der Waals surface area contributed by atoms with Gasteiger partial charge in [-0.3, -0.25) is 4.79 Å². The van der Waals surface area contributed by atoms with Gasteiger partial charge in [-0.15, -0.1) is 0 Å². The third-order valence-corrected chi connectivity index (χ3v) is 4.52. The Morgan fingerprint density at radius 3 is 2.64 bits per heavy atom. The number of nitrogens with one attached hydrogen (secondary N) is 2. The molecule has 0 radical (unpaired) electrons. The zero-order valence-corrected chi connectivity index (χ0v) is 15.7. The number of carbonyl (C=O) groups excluding carboxylic acids is 1. The molecule has 0 atom stereocenters. The summed E-state index contributed by atoms with van der Waals surface area (Å²) >= 11 is 9.62. The minimum Gasteiger partial charge on any atom is -0.497 e. The summed E-state index contributed by atoms with van der Waals surface area (Å²) in [6.07, 6.45) is 0. The molecule has 0 fully saturated rings. The van der Waals surface area contributed by atoms with Gasteiger partial charge in [0.05, 0.1) is 30.1 Å². The fourth-order valence-corrected chi connectivity index (χ4v) is 2.88. The molecule has 1 amide bonds. The van der Waals surface area contributed by atoms with Crippen LogP contribution in [0.15, 0.2) is 34.8 Å². The van der Waals surface area contributed by atoms with Gasteiger partial charge >= 0.3 is 0 Å². The summed E-state index contributed by atoms with van der Waals surface area (Å²) in [5, 5.41) is 6.20. The number of anilines is 2. The van der Waals surface area contributed by atoms with Crippen LogP contribution in [0.25, 0.3) is 0 Å². The molecule has 25 heavy (non-hydrogen) atoms. The number of amides is 1. The van der Waals surface area contributed by atoms with Crippen LogP contribution >= 0.6 is 27.5 Å². The van der Waals surface area contributed by atoms with E-state index in [2.05, 4.69) is 26.6 Å². The number of rotatable bonds is 5. The molecule has 2 aromatic carbocycles. The average Bonchev–Trinajstić information content (AvgIpc) is 2.61. The van der Waals surface area contributed by atoms with Crippen molar-refractivity contribution in [2.75, 3.05) is 37.5 Å². The van der Waals surface area contributed by atoms with E-state index in [0.29, 0.717) is 41.2 Å². The number of hydrogen-bond acceptors (Lipinski definition) is 5. The average molecular weight is 428 g/mol. The molecule has 3 rings (SSSR count). The van der Waals surface area contributed by atoms with Crippen LogP contribution in [0.1, 0.15) is 0 Å². The summed E-state index contributed by atoms with van der Waals surface area (Å²) < 4.78 is 17.0. The summed E-state index contributed by atoms with van der Waals surface area (Å²) in [6, 6.07) is 8.77. The Hall–Kier alpha value is -2.12. The normalized spacial score (nSPS) is 12.4. The van der Waals surface area contributed by atoms with Crippen LogP contribution in [0.3, 0.4) is 0 Å². The molecule has 2 N–H and O–H groups in total.